The quantitative estimate of drug-likeness (QED) is 0.112. The van der Waals surface area contributed by atoms with Crippen LogP contribution in [0.3, 0.4) is 0 Å². The maximum absolute atomic E-state index is 15.2. The maximum Gasteiger partial charge on any atom is 0.321 e. The van der Waals surface area contributed by atoms with Crippen LogP contribution in [0.25, 0.3) is 0 Å². The highest BCUT2D eigenvalue weighted by Crippen LogP contribution is 2.74. The number of carboxylic acids is 4. The Balaban J connectivity index is 2.46. The van der Waals surface area contributed by atoms with Gasteiger partial charge >= 0.3 is 23.9 Å². The van der Waals surface area contributed by atoms with Gasteiger partial charge in [0.1, 0.15) is 0 Å². The molecule has 0 radical (unpaired) electrons. The Morgan fingerprint density at radius 1 is 0.345 bits per heavy atom. The molecule has 0 aliphatic carbocycles. The Morgan fingerprint density at radius 3 is 0.636 bits per heavy atom. The van der Waals surface area contributed by atoms with Gasteiger partial charge in [0.05, 0.1) is 0 Å². The van der Waals surface area contributed by atoms with Gasteiger partial charge in [0.15, 0.2) is 10.8 Å². The van der Waals surface area contributed by atoms with Gasteiger partial charge in [-0.1, -0.05) is 0 Å². The molecular weight excluding hydrogens is 700 g/mol. The van der Waals surface area contributed by atoms with Crippen LogP contribution < -0.4 is 21.3 Å². The van der Waals surface area contributed by atoms with Gasteiger partial charge in [-0.3, -0.25) is 19.2 Å². The predicted octanol–water partition coefficient (Wildman–Crippen LogP) is 6.51. The monoisotopic (exact) mass is 777 g/mol. The molecule has 0 amide bonds. The summed E-state index contributed by atoms with van der Waals surface area (Å²) in [5, 5.41) is 63.8. The Labute approximate surface area is 330 Å². The third-order valence-corrected chi connectivity index (χ3v) is 13.9. The summed E-state index contributed by atoms with van der Waals surface area (Å²) in [6.07, 6.45) is 1.08. The van der Waals surface area contributed by atoms with Crippen LogP contribution in [0.1, 0.15) is 162 Å². The molecule has 55 heavy (non-hydrogen) atoms. The van der Waals surface area contributed by atoms with Gasteiger partial charge in [-0.15, -0.1) is 0 Å². The lowest BCUT2D eigenvalue weighted by atomic mass is 9.32. The average molecular weight is 777 g/mol. The molecule has 0 spiro atoms. The van der Waals surface area contributed by atoms with Crippen LogP contribution >= 0.6 is 0 Å². The molecule has 4 aliphatic heterocycles. The lowest BCUT2D eigenvalue weighted by Crippen LogP contribution is -2.80. The highest BCUT2D eigenvalue weighted by molar-refractivity contribution is 6.06. The van der Waals surface area contributed by atoms with Gasteiger partial charge in [0.25, 0.3) is 0 Å². The van der Waals surface area contributed by atoms with Crippen LogP contribution in [0.2, 0.25) is 0 Å². The van der Waals surface area contributed by atoms with Crippen molar-refractivity contribution in [1.82, 2.24) is 21.3 Å². The molecule has 4 fully saturated rings. The van der Waals surface area contributed by atoms with Crippen molar-refractivity contribution in [3.8, 4) is 0 Å². The van der Waals surface area contributed by atoms with Crippen LogP contribution in [0.4, 0.5) is 0 Å². The van der Waals surface area contributed by atoms with Crippen molar-refractivity contribution in [3.63, 3.8) is 0 Å². The highest BCUT2D eigenvalue weighted by atomic mass is 16.4. The standard InChI is InChI=1S/C43H76N4O8/c1-33(2)17-25(18-34(3,4)44-33)41(29(48)49,30(50)51)43(27-21-37(9,10)46-38(11,12)22-27,28-23-39(13,14)47-40(15,16)24-28)42(31(52)53,32(54)55)26-19-35(5,6)45-36(7,8)20-26/h25-28,44-47H,17-24H2,1-16H3,(H,48,49)(H,50,51)(H,52,53)(H,54,55). The van der Waals surface area contributed by atoms with E-state index < -0.39 is 108 Å². The summed E-state index contributed by atoms with van der Waals surface area (Å²) in [7, 11) is 0. The molecule has 4 heterocycles. The fraction of sp³-hybridized carbons (Fsp3) is 0.907. The summed E-state index contributed by atoms with van der Waals surface area (Å²) < 4.78 is 0. The lowest BCUT2D eigenvalue weighted by molar-refractivity contribution is -0.259. The van der Waals surface area contributed by atoms with E-state index in [0.29, 0.717) is 0 Å². The first-order valence-corrected chi connectivity index (χ1v) is 20.5. The molecule has 12 heteroatoms. The number of carbonyl (C=O) groups is 4. The molecule has 0 unspecified atom stereocenters. The normalized spacial score (nSPS) is 28.2. The van der Waals surface area contributed by atoms with Crippen molar-refractivity contribution in [1.29, 1.82) is 0 Å². The minimum Gasteiger partial charge on any atom is -0.480 e. The number of piperidine rings is 4. The van der Waals surface area contributed by atoms with E-state index in [1.807, 2.05) is 111 Å². The second-order valence-electron chi connectivity index (χ2n) is 23.7. The van der Waals surface area contributed by atoms with Gasteiger partial charge in [-0.05, 0) is 186 Å². The van der Waals surface area contributed by atoms with Crippen LogP contribution in [0.5, 0.6) is 0 Å². The molecule has 0 saturated carbocycles. The Hall–Kier alpha value is -2.28. The topological polar surface area (TPSA) is 197 Å². The van der Waals surface area contributed by atoms with E-state index in [-0.39, 0.29) is 51.4 Å². The summed E-state index contributed by atoms with van der Waals surface area (Å²) in [6, 6.07) is 0. The number of carboxylic acid groups (broad SMARTS) is 4. The minimum absolute atomic E-state index is 0.0881. The van der Waals surface area contributed by atoms with Crippen molar-refractivity contribution in [2.75, 3.05) is 0 Å². The Kier molecular flexibility index (Phi) is 11.0. The van der Waals surface area contributed by atoms with Crippen LogP contribution in [-0.4, -0.2) is 88.6 Å². The smallest absolute Gasteiger partial charge is 0.321 e. The van der Waals surface area contributed by atoms with Crippen LogP contribution in [-0.2, 0) is 19.2 Å². The summed E-state index contributed by atoms with van der Waals surface area (Å²) >= 11 is 0. The molecule has 0 aromatic rings. The van der Waals surface area contributed by atoms with Crippen molar-refractivity contribution in [3.05, 3.63) is 0 Å². The molecule has 8 N–H and O–H groups in total. The average Bonchev–Trinajstić information content (AvgIpc) is 2.84. The summed E-state index contributed by atoms with van der Waals surface area (Å²) in [5.41, 5.74) is -14.1. The maximum atomic E-state index is 15.2. The van der Waals surface area contributed by atoms with Crippen LogP contribution in [0.15, 0.2) is 0 Å². The van der Waals surface area contributed by atoms with E-state index >= 15 is 19.2 Å². The van der Waals surface area contributed by atoms with Gasteiger partial charge < -0.3 is 41.7 Å². The van der Waals surface area contributed by atoms with E-state index in [4.69, 9.17) is 0 Å². The summed E-state index contributed by atoms with van der Waals surface area (Å²) in [5.74, 6) is -10.8. The molecular formula is C43H76N4O8. The third kappa shape index (κ3) is 7.84. The second-order valence-corrected chi connectivity index (χ2v) is 23.7. The fourth-order valence-corrected chi connectivity index (χ4v) is 14.7. The molecule has 0 aromatic heterocycles. The SMILES string of the molecule is CC1(C)CC(C(C(=O)O)(C(=O)O)C(C2CC(C)(C)NC(C)(C)C2)(C2CC(C)(C)NC(C)(C)C2)C(C(=O)O)(C(=O)O)C2CC(C)(C)NC(C)(C)C2)CC(C)(C)N1. The number of hydrogen-bond acceptors (Lipinski definition) is 8. The van der Waals surface area contributed by atoms with Gasteiger partial charge in [0, 0.05) is 49.7 Å². The van der Waals surface area contributed by atoms with Crippen molar-refractivity contribution in [2.45, 2.75) is 206 Å². The molecule has 4 aliphatic rings. The lowest BCUT2D eigenvalue weighted by Gasteiger charge is -2.70. The number of nitrogens with one attached hydrogen (secondary N) is 4. The van der Waals surface area contributed by atoms with Gasteiger partial charge in [-0.2, -0.15) is 0 Å². The molecule has 0 aromatic carbocycles. The Morgan fingerprint density at radius 2 is 0.491 bits per heavy atom. The van der Waals surface area contributed by atoms with E-state index in [9.17, 15) is 20.4 Å². The molecule has 0 atom stereocenters. The van der Waals surface area contributed by atoms with Crippen molar-refractivity contribution in [2.24, 2.45) is 39.9 Å². The van der Waals surface area contributed by atoms with E-state index in [1.54, 1.807) is 0 Å². The highest BCUT2D eigenvalue weighted by Gasteiger charge is 2.85. The van der Waals surface area contributed by atoms with E-state index in [2.05, 4.69) is 21.3 Å². The zero-order chi connectivity index (χ0) is 42.6. The minimum atomic E-state index is -2.86. The summed E-state index contributed by atoms with van der Waals surface area (Å²) in [6.45, 7) is 31.2. The first-order chi connectivity index (χ1) is 24.4. The summed E-state index contributed by atoms with van der Waals surface area (Å²) in [4.78, 5) is 60.6. The predicted molar refractivity (Wildman–Crippen MR) is 214 cm³/mol. The number of hydrogen-bond donors (Lipinski definition) is 8. The first-order valence-electron chi connectivity index (χ1n) is 20.5. The van der Waals surface area contributed by atoms with Crippen molar-refractivity contribution >= 4 is 23.9 Å². The molecule has 4 saturated heterocycles. The van der Waals surface area contributed by atoms with Crippen molar-refractivity contribution < 1.29 is 39.6 Å². The largest absolute Gasteiger partial charge is 0.480 e. The zero-order valence-electron chi connectivity index (χ0n) is 36.9. The zero-order valence-corrected chi connectivity index (χ0v) is 36.9. The van der Waals surface area contributed by atoms with E-state index in [1.165, 1.54) is 0 Å². The number of aliphatic carboxylic acids is 4. The molecule has 316 valence electrons. The molecule has 0 bridgehead atoms. The van der Waals surface area contributed by atoms with E-state index in [0.717, 1.165) is 0 Å². The molecule has 4 rings (SSSR count). The first kappa shape index (κ1) is 45.4. The number of rotatable bonds is 10. The van der Waals surface area contributed by atoms with Gasteiger partial charge in [-0.25, -0.2) is 0 Å². The van der Waals surface area contributed by atoms with Gasteiger partial charge in [0.2, 0.25) is 0 Å². The second kappa shape index (κ2) is 13.4. The van der Waals surface area contributed by atoms with Crippen LogP contribution in [0, 0.1) is 39.9 Å². The molecule has 12 nitrogen and oxygen atoms in total. The third-order valence-electron chi connectivity index (χ3n) is 13.9. The Bertz CT molecular complexity index is 1350. The fourth-order valence-electron chi connectivity index (χ4n) is 14.7.